The van der Waals surface area contributed by atoms with Gasteiger partial charge >= 0.3 is 5.97 Å². The largest absolute Gasteiger partial charge is 0.496 e. The van der Waals surface area contributed by atoms with Gasteiger partial charge in [0.1, 0.15) is 5.75 Å². The number of benzene rings is 1. The van der Waals surface area contributed by atoms with E-state index in [4.69, 9.17) is 9.84 Å². The fourth-order valence-electron chi connectivity index (χ4n) is 2.25. The van der Waals surface area contributed by atoms with E-state index in [2.05, 4.69) is 0 Å². The summed E-state index contributed by atoms with van der Waals surface area (Å²) < 4.78 is 7.20. The van der Waals surface area contributed by atoms with Gasteiger partial charge in [-0.25, -0.2) is 4.79 Å². The molecule has 1 atom stereocenters. The molecule has 102 valence electrons. The Hall–Kier alpha value is -2.01. The van der Waals surface area contributed by atoms with Gasteiger partial charge in [0.2, 0.25) is 0 Å². The maximum absolute atomic E-state index is 11.0. The van der Waals surface area contributed by atoms with Crippen LogP contribution in [0, 0.1) is 0 Å². The number of ether oxygens (including phenoxy) is 1. The monoisotopic (exact) mass is 263 g/mol. The van der Waals surface area contributed by atoms with E-state index in [0.717, 1.165) is 5.52 Å². The van der Waals surface area contributed by atoms with Gasteiger partial charge in [-0.1, -0.05) is 6.07 Å². The van der Waals surface area contributed by atoms with E-state index in [1.165, 1.54) is 7.11 Å². The van der Waals surface area contributed by atoms with Crippen molar-refractivity contribution in [1.82, 2.24) is 4.57 Å². The number of hydrogen-bond donors (Lipinski definition) is 2. The average Bonchev–Trinajstić information content (AvgIpc) is 2.77. The molecule has 0 saturated carbocycles. The van der Waals surface area contributed by atoms with Crippen LogP contribution in [0.25, 0.3) is 10.9 Å². The van der Waals surface area contributed by atoms with Gasteiger partial charge in [-0.3, -0.25) is 0 Å². The smallest absolute Gasteiger partial charge is 0.337 e. The molecule has 0 fully saturated rings. The summed E-state index contributed by atoms with van der Waals surface area (Å²) in [5.41, 5.74) is 1.21. The molecule has 2 rings (SSSR count). The van der Waals surface area contributed by atoms with Crippen LogP contribution in [0.1, 0.15) is 31.6 Å². The predicted octanol–water partition coefficient (Wildman–Crippen LogP) is 2.35. The van der Waals surface area contributed by atoms with Crippen LogP contribution in [0.3, 0.4) is 0 Å². The Morgan fingerprint density at radius 3 is 2.58 bits per heavy atom. The van der Waals surface area contributed by atoms with E-state index in [1.807, 2.05) is 30.5 Å². The molecular formula is C14H17NO4. The fourth-order valence-corrected chi connectivity index (χ4v) is 2.25. The van der Waals surface area contributed by atoms with Crippen LogP contribution < -0.4 is 4.74 Å². The van der Waals surface area contributed by atoms with Gasteiger partial charge < -0.3 is 19.5 Å². The molecule has 1 aromatic heterocycles. The number of hydrogen-bond acceptors (Lipinski definition) is 3. The van der Waals surface area contributed by atoms with Crippen molar-refractivity contribution in [3.8, 4) is 5.75 Å². The number of aliphatic hydroxyl groups excluding tert-OH is 1. The van der Waals surface area contributed by atoms with Crippen molar-refractivity contribution in [3.05, 3.63) is 30.0 Å². The first-order chi connectivity index (χ1) is 8.97. The van der Waals surface area contributed by atoms with Crippen LogP contribution in [0.4, 0.5) is 0 Å². The van der Waals surface area contributed by atoms with Crippen LogP contribution in [0.2, 0.25) is 0 Å². The number of rotatable bonds is 4. The van der Waals surface area contributed by atoms with E-state index in [0.29, 0.717) is 16.7 Å². The Bertz CT molecular complexity index is 615. The van der Waals surface area contributed by atoms with Crippen molar-refractivity contribution < 1.29 is 19.7 Å². The second-order valence-corrected chi connectivity index (χ2v) is 4.68. The summed E-state index contributed by atoms with van der Waals surface area (Å²) >= 11 is 0. The Balaban J connectivity index is 2.79. The molecule has 0 bridgehead atoms. The van der Waals surface area contributed by atoms with Crippen LogP contribution in [0.5, 0.6) is 5.75 Å². The highest BCUT2D eigenvalue weighted by Crippen LogP contribution is 2.35. The van der Waals surface area contributed by atoms with Crippen molar-refractivity contribution >= 4 is 16.9 Å². The number of fused-ring (bicyclic) bond motifs is 1. The predicted molar refractivity (Wildman–Crippen MR) is 71.5 cm³/mol. The quantitative estimate of drug-likeness (QED) is 0.888. The number of aromatic nitrogens is 1. The van der Waals surface area contributed by atoms with Gasteiger partial charge in [0.25, 0.3) is 0 Å². The van der Waals surface area contributed by atoms with E-state index < -0.39 is 12.1 Å². The van der Waals surface area contributed by atoms with E-state index in [9.17, 15) is 9.90 Å². The van der Waals surface area contributed by atoms with Gasteiger partial charge in [0.15, 0.2) is 6.10 Å². The first kappa shape index (κ1) is 13.4. The highest BCUT2D eigenvalue weighted by molar-refractivity contribution is 5.93. The third-order valence-corrected chi connectivity index (χ3v) is 3.15. The summed E-state index contributed by atoms with van der Waals surface area (Å²) in [6, 6.07) is 5.64. The highest BCUT2D eigenvalue weighted by atomic mass is 16.5. The molecule has 1 unspecified atom stereocenters. The number of aliphatic hydroxyl groups is 1. The molecule has 5 heteroatoms. The summed E-state index contributed by atoms with van der Waals surface area (Å²) in [5, 5.41) is 19.5. The second kappa shape index (κ2) is 4.93. The maximum atomic E-state index is 11.0. The molecule has 2 aromatic rings. The molecule has 0 spiro atoms. The average molecular weight is 263 g/mol. The number of carboxylic acid groups (broad SMARTS) is 1. The van der Waals surface area contributed by atoms with Crippen LogP contribution in [-0.4, -0.2) is 27.9 Å². The van der Waals surface area contributed by atoms with Crippen molar-refractivity contribution in [2.45, 2.75) is 26.0 Å². The number of carboxylic acids is 1. The van der Waals surface area contributed by atoms with Crippen molar-refractivity contribution in [1.29, 1.82) is 0 Å². The Kier molecular flexibility index (Phi) is 3.48. The number of aliphatic carboxylic acids is 1. The molecule has 0 radical (unpaired) electrons. The van der Waals surface area contributed by atoms with E-state index in [-0.39, 0.29) is 6.04 Å². The molecule has 0 saturated heterocycles. The third kappa shape index (κ3) is 2.17. The Morgan fingerprint density at radius 1 is 1.37 bits per heavy atom. The SMILES string of the molecule is COc1cccc2c1c(C(O)C(=O)O)cn2C(C)C. The Labute approximate surface area is 111 Å². The number of nitrogens with zero attached hydrogens (tertiary/aromatic N) is 1. The van der Waals surface area contributed by atoms with E-state index in [1.54, 1.807) is 12.3 Å². The molecule has 19 heavy (non-hydrogen) atoms. The fraction of sp³-hybridized carbons (Fsp3) is 0.357. The minimum Gasteiger partial charge on any atom is -0.496 e. The van der Waals surface area contributed by atoms with Gasteiger partial charge in [-0.15, -0.1) is 0 Å². The van der Waals surface area contributed by atoms with Crippen LogP contribution >= 0.6 is 0 Å². The standard InChI is InChI=1S/C14H17NO4/c1-8(2)15-7-9(13(16)14(17)18)12-10(15)5-4-6-11(12)19-3/h4-8,13,16H,1-3H3,(H,17,18). The van der Waals surface area contributed by atoms with Crippen molar-refractivity contribution in [2.75, 3.05) is 7.11 Å². The second-order valence-electron chi connectivity index (χ2n) is 4.68. The van der Waals surface area contributed by atoms with E-state index >= 15 is 0 Å². The lowest BCUT2D eigenvalue weighted by molar-refractivity contribution is -0.146. The Morgan fingerprint density at radius 2 is 2.05 bits per heavy atom. The molecule has 0 aliphatic rings. The summed E-state index contributed by atoms with van der Waals surface area (Å²) in [6.45, 7) is 3.99. The lowest BCUT2D eigenvalue weighted by atomic mass is 10.1. The molecule has 0 aliphatic heterocycles. The first-order valence-electron chi connectivity index (χ1n) is 6.05. The van der Waals surface area contributed by atoms with Gasteiger partial charge in [0.05, 0.1) is 12.6 Å². The molecule has 5 nitrogen and oxygen atoms in total. The van der Waals surface area contributed by atoms with Gasteiger partial charge in [0, 0.05) is 23.2 Å². The number of carbonyl (C=O) groups is 1. The topological polar surface area (TPSA) is 71.7 Å². The van der Waals surface area contributed by atoms with Crippen molar-refractivity contribution in [2.24, 2.45) is 0 Å². The summed E-state index contributed by atoms with van der Waals surface area (Å²) in [6.07, 6.45) is 0.121. The van der Waals surface area contributed by atoms with Crippen molar-refractivity contribution in [3.63, 3.8) is 0 Å². The lowest BCUT2D eigenvalue weighted by Crippen LogP contribution is -2.10. The first-order valence-corrected chi connectivity index (χ1v) is 6.05. The van der Waals surface area contributed by atoms with Crippen LogP contribution in [-0.2, 0) is 4.79 Å². The zero-order valence-corrected chi connectivity index (χ0v) is 11.1. The molecule has 0 aliphatic carbocycles. The summed E-state index contributed by atoms with van der Waals surface area (Å²) in [5.74, 6) is -0.707. The van der Waals surface area contributed by atoms with Gasteiger partial charge in [-0.05, 0) is 26.0 Å². The maximum Gasteiger partial charge on any atom is 0.337 e. The summed E-state index contributed by atoms with van der Waals surface area (Å²) in [4.78, 5) is 11.0. The molecule has 1 heterocycles. The zero-order valence-electron chi connectivity index (χ0n) is 11.1. The molecule has 1 aromatic carbocycles. The minimum absolute atomic E-state index is 0.157. The van der Waals surface area contributed by atoms with Gasteiger partial charge in [-0.2, -0.15) is 0 Å². The normalized spacial score (nSPS) is 12.9. The highest BCUT2D eigenvalue weighted by Gasteiger charge is 2.24. The summed E-state index contributed by atoms with van der Waals surface area (Å²) in [7, 11) is 1.53. The third-order valence-electron chi connectivity index (χ3n) is 3.15. The van der Waals surface area contributed by atoms with Crippen LogP contribution in [0.15, 0.2) is 24.4 Å². The minimum atomic E-state index is -1.56. The molecule has 2 N–H and O–H groups in total. The number of methoxy groups -OCH3 is 1. The lowest BCUT2D eigenvalue weighted by Gasteiger charge is -2.09. The molecule has 0 amide bonds. The zero-order chi connectivity index (χ0) is 14.2. The molecular weight excluding hydrogens is 246 g/mol.